The molecule has 1 heterocycles. The van der Waals surface area contributed by atoms with Crippen molar-refractivity contribution in [2.75, 3.05) is 18.1 Å². The Kier molecular flexibility index (Phi) is 5.34. The van der Waals surface area contributed by atoms with Crippen molar-refractivity contribution in [2.24, 2.45) is 5.92 Å². The molecule has 1 saturated heterocycles. The highest BCUT2D eigenvalue weighted by molar-refractivity contribution is 7.99. The molecule has 1 aromatic rings. The molecule has 1 nitrogen and oxygen atoms in total. The van der Waals surface area contributed by atoms with Crippen LogP contribution in [0.25, 0.3) is 0 Å². The summed E-state index contributed by atoms with van der Waals surface area (Å²) in [7, 11) is 0. The third-order valence-corrected chi connectivity index (χ3v) is 4.88. The van der Waals surface area contributed by atoms with E-state index in [1.54, 1.807) is 6.07 Å². The van der Waals surface area contributed by atoms with Gasteiger partial charge >= 0.3 is 0 Å². The van der Waals surface area contributed by atoms with Gasteiger partial charge in [-0.1, -0.05) is 24.6 Å². The summed E-state index contributed by atoms with van der Waals surface area (Å²) in [6.07, 6.45) is 1.99. The number of benzene rings is 1. The van der Waals surface area contributed by atoms with Gasteiger partial charge in [0.1, 0.15) is 5.82 Å². The summed E-state index contributed by atoms with van der Waals surface area (Å²) in [5.41, 5.74) is 0.766. The molecular weight excluding hydrogens is 269 g/mol. The van der Waals surface area contributed by atoms with E-state index < -0.39 is 0 Å². The highest BCUT2D eigenvalue weighted by Crippen LogP contribution is 2.28. The van der Waals surface area contributed by atoms with Gasteiger partial charge in [0, 0.05) is 11.1 Å². The zero-order valence-corrected chi connectivity index (χ0v) is 12.2. The summed E-state index contributed by atoms with van der Waals surface area (Å²) >= 11 is 7.78. The average Bonchev–Trinajstić information content (AvgIpc) is 2.85. The fraction of sp³-hybridized carbons (Fsp3) is 0.571. The summed E-state index contributed by atoms with van der Waals surface area (Å²) in [6.45, 7) is 3.04. The van der Waals surface area contributed by atoms with Gasteiger partial charge in [-0.15, -0.1) is 0 Å². The van der Waals surface area contributed by atoms with E-state index in [4.69, 9.17) is 11.6 Å². The second kappa shape index (κ2) is 6.78. The molecule has 0 aliphatic carbocycles. The fourth-order valence-corrected chi connectivity index (χ4v) is 3.96. The van der Waals surface area contributed by atoms with Crippen LogP contribution in [0.2, 0.25) is 5.02 Å². The first-order valence-electron chi connectivity index (χ1n) is 6.45. The molecular formula is C14H19ClFNS. The van der Waals surface area contributed by atoms with E-state index in [-0.39, 0.29) is 5.82 Å². The van der Waals surface area contributed by atoms with E-state index in [2.05, 4.69) is 12.2 Å². The molecule has 100 valence electrons. The Morgan fingerprint density at radius 2 is 2.39 bits per heavy atom. The first-order chi connectivity index (χ1) is 8.70. The van der Waals surface area contributed by atoms with Crippen molar-refractivity contribution >= 4 is 23.4 Å². The van der Waals surface area contributed by atoms with Crippen LogP contribution < -0.4 is 5.32 Å². The minimum atomic E-state index is -0.184. The molecule has 2 unspecified atom stereocenters. The molecule has 1 aliphatic rings. The van der Waals surface area contributed by atoms with Gasteiger partial charge in [-0.3, -0.25) is 0 Å². The lowest BCUT2D eigenvalue weighted by Crippen LogP contribution is -2.38. The summed E-state index contributed by atoms with van der Waals surface area (Å²) in [5.74, 6) is 2.89. The van der Waals surface area contributed by atoms with Gasteiger partial charge in [0.15, 0.2) is 0 Å². The Labute approximate surface area is 117 Å². The third kappa shape index (κ3) is 3.62. The van der Waals surface area contributed by atoms with Crippen LogP contribution in [0.1, 0.15) is 18.9 Å². The minimum absolute atomic E-state index is 0.184. The lowest BCUT2D eigenvalue weighted by Gasteiger charge is -2.24. The van der Waals surface area contributed by atoms with Gasteiger partial charge in [-0.2, -0.15) is 11.8 Å². The molecule has 1 aliphatic heterocycles. The number of thioether (sulfide) groups is 1. The third-order valence-electron chi connectivity index (χ3n) is 3.46. The molecule has 1 fully saturated rings. The van der Waals surface area contributed by atoms with Crippen LogP contribution in [0.15, 0.2) is 18.2 Å². The van der Waals surface area contributed by atoms with Crippen LogP contribution in [0.3, 0.4) is 0 Å². The molecule has 1 aromatic carbocycles. The van der Waals surface area contributed by atoms with Crippen LogP contribution in [-0.4, -0.2) is 24.1 Å². The Hall–Kier alpha value is -0.250. The largest absolute Gasteiger partial charge is 0.314 e. The Morgan fingerprint density at radius 3 is 3.00 bits per heavy atom. The Balaban J connectivity index is 2.07. The molecule has 4 heteroatoms. The molecule has 0 amide bonds. The second-order valence-electron chi connectivity index (χ2n) is 4.73. The monoisotopic (exact) mass is 287 g/mol. The average molecular weight is 288 g/mol. The van der Waals surface area contributed by atoms with E-state index in [0.717, 1.165) is 18.5 Å². The predicted molar refractivity (Wildman–Crippen MR) is 78.0 cm³/mol. The lowest BCUT2D eigenvalue weighted by atomic mass is 9.93. The summed E-state index contributed by atoms with van der Waals surface area (Å²) in [4.78, 5) is 0. The minimum Gasteiger partial charge on any atom is -0.314 e. The van der Waals surface area contributed by atoms with Crippen molar-refractivity contribution in [2.45, 2.75) is 25.8 Å². The van der Waals surface area contributed by atoms with Gasteiger partial charge in [-0.25, -0.2) is 4.39 Å². The van der Waals surface area contributed by atoms with Gasteiger partial charge in [0.2, 0.25) is 0 Å². The maximum atomic E-state index is 13.8. The quantitative estimate of drug-likeness (QED) is 0.885. The molecule has 0 bridgehead atoms. The van der Waals surface area contributed by atoms with Gasteiger partial charge < -0.3 is 5.32 Å². The van der Waals surface area contributed by atoms with Crippen molar-refractivity contribution in [1.82, 2.24) is 5.32 Å². The van der Waals surface area contributed by atoms with E-state index in [1.165, 1.54) is 24.0 Å². The first kappa shape index (κ1) is 14.2. The molecule has 0 spiro atoms. The number of hydrogen-bond donors (Lipinski definition) is 1. The number of nitrogens with one attached hydrogen (secondary N) is 1. The van der Waals surface area contributed by atoms with Crippen molar-refractivity contribution in [3.63, 3.8) is 0 Å². The van der Waals surface area contributed by atoms with Crippen molar-refractivity contribution in [3.05, 3.63) is 34.6 Å². The molecule has 1 N–H and O–H groups in total. The van der Waals surface area contributed by atoms with Crippen LogP contribution in [0, 0.1) is 11.7 Å². The summed E-state index contributed by atoms with van der Waals surface area (Å²) in [6, 6.07) is 5.36. The first-order valence-corrected chi connectivity index (χ1v) is 7.99. The van der Waals surface area contributed by atoms with Gasteiger partial charge in [0.05, 0.1) is 0 Å². The predicted octanol–water partition coefficient (Wildman–Crippen LogP) is 3.75. The number of hydrogen-bond acceptors (Lipinski definition) is 2. The normalized spacial score (nSPS) is 21.2. The summed E-state index contributed by atoms with van der Waals surface area (Å²) < 4.78 is 13.8. The zero-order valence-electron chi connectivity index (χ0n) is 10.6. The fourth-order valence-electron chi connectivity index (χ4n) is 2.46. The number of likely N-dealkylation sites (N-methyl/N-ethyl adjacent to an activating group) is 1. The molecule has 18 heavy (non-hydrogen) atoms. The lowest BCUT2D eigenvalue weighted by molar-refractivity contribution is 0.382. The van der Waals surface area contributed by atoms with E-state index in [9.17, 15) is 4.39 Å². The summed E-state index contributed by atoms with van der Waals surface area (Å²) in [5, 5.41) is 3.97. The maximum absolute atomic E-state index is 13.8. The topological polar surface area (TPSA) is 12.0 Å². The molecule has 2 atom stereocenters. The van der Waals surface area contributed by atoms with Crippen molar-refractivity contribution in [1.29, 1.82) is 0 Å². The van der Waals surface area contributed by atoms with E-state index >= 15 is 0 Å². The second-order valence-corrected chi connectivity index (χ2v) is 6.31. The standard InChI is InChI=1S/C14H19ClFNS/c1-2-17-14(11-5-6-18-9-11)7-10-3-4-12(15)8-13(10)16/h3-4,8,11,14,17H,2,5-7,9H2,1H3. The smallest absolute Gasteiger partial charge is 0.127 e. The van der Waals surface area contributed by atoms with Gasteiger partial charge in [0.25, 0.3) is 0 Å². The molecule has 0 aromatic heterocycles. The van der Waals surface area contributed by atoms with Crippen LogP contribution in [0.5, 0.6) is 0 Å². The Morgan fingerprint density at radius 1 is 1.56 bits per heavy atom. The van der Waals surface area contributed by atoms with Crippen molar-refractivity contribution < 1.29 is 4.39 Å². The number of halogens is 2. The molecule has 2 rings (SSSR count). The van der Waals surface area contributed by atoms with Gasteiger partial charge in [-0.05, 0) is 54.5 Å². The van der Waals surface area contributed by atoms with Crippen molar-refractivity contribution in [3.8, 4) is 0 Å². The molecule has 0 saturated carbocycles. The van der Waals surface area contributed by atoms with E-state index in [1.807, 2.05) is 17.8 Å². The van der Waals surface area contributed by atoms with Crippen LogP contribution in [0.4, 0.5) is 4.39 Å². The zero-order chi connectivity index (χ0) is 13.0. The highest BCUT2D eigenvalue weighted by Gasteiger charge is 2.25. The van der Waals surface area contributed by atoms with Crippen LogP contribution >= 0.6 is 23.4 Å². The number of rotatable bonds is 5. The maximum Gasteiger partial charge on any atom is 0.127 e. The SMILES string of the molecule is CCNC(Cc1ccc(Cl)cc1F)C1CCSC1. The van der Waals surface area contributed by atoms with Crippen LogP contribution in [-0.2, 0) is 6.42 Å². The Bertz CT molecular complexity index is 393. The highest BCUT2D eigenvalue weighted by atomic mass is 35.5. The van der Waals surface area contributed by atoms with E-state index in [0.29, 0.717) is 17.0 Å². The molecule has 0 radical (unpaired) electrons.